The van der Waals surface area contributed by atoms with Gasteiger partial charge in [-0.15, -0.1) is 0 Å². The van der Waals surface area contributed by atoms with Crippen LogP contribution in [0.4, 0.5) is 18.9 Å². The molecular weight excluding hydrogens is 309 g/mol. The van der Waals surface area contributed by atoms with Crippen molar-refractivity contribution in [2.24, 2.45) is 11.7 Å². The summed E-state index contributed by atoms with van der Waals surface area (Å²) in [7, 11) is 0. The van der Waals surface area contributed by atoms with Gasteiger partial charge >= 0.3 is 6.18 Å². The maximum Gasteiger partial charge on any atom is 0.416 e. The molecule has 7 heteroatoms. The lowest BCUT2D eigenvalue weighted by Gasteiger charge is -2.32. The van der Waals surface area contributed by atoms with Crippen molar-refractivity contribution in [2.45, 2.75) is 44.4 Å². The van der Waals surface area contributed by atoms with Crippen molar-refractivity contribution in [3.8, 4) is 0 Å². The Morgan fingerprint density at radius 3 is 2.57 bits per heavy atom. The van der Waals surface area contributed by atoms with Gasteiger partial charge in [-0.3, -0.25) is 4.79 Å². The second-order valence-electron chi connectivity index (χ2n) is 5.78. The maximum atomic E-state index is 12.6. The van der Waals surface area contributed by atoms with Crippen LogP contribution >= 0.6 is 0 Å². The summed E-state index contributed by atoms with van der Waals surface area (Å²) < 4.78 is 42.1. The molecule has 23 heavy (non-hydrogen) atoms. The maximum absolute atomic E-state index is 12.6. The zero-order chi connectivity index (χ0) is 17.0. The molecule has 2 aliphatic rings. The Labute approximate surface area is 133 Å². The van der Waals surface area contributed by atoms with Gasteiger partial charge in [-0.1, -0.05) is 0 Å². The van der Waals surface area contributed by atoms with Gasteiger partial charge in [-0.2, -0.15) is 13.2 Å². The quantitative estimate of drug-likeness (QED) is 0.833. The molecule has 1 heterocycles. The second-order valence-corrected chi connectivity index (χ2v) is 5.78. The van der Waals surface area contributed by atoms with Crippen molar-refractivity contribution in [3.05, 3.63) is 29.3 Å². The minimum absolute atomic E-state index is 0.297. The number of anilines is 1. The van der Waals surface area contributed by atoms with Crippen LogP contribution in [0.3, 0.4) is 0 Å². The molecule has 0 radical (unpaired) electrons. The van der Waals surface area contributed by atoms with Crippen molar-refractivity contribution in [1.82, 2.24) is 0 Å². The Kier molecular flexibility index (Phi) is 5.51. The Morgan fingerprint density at radius 1 is 1.39 bits per heavy atom. The van der Waals surface area contributed by atoms with E-state index in [0.29, 0.717) is 30.6 Å². The highest BCUT2D eigenvalue weighted by Gasteiger charge is 2.37. The number of hydrogen-bond acceptors (Lipinski definition) is 4. The van der Waals surface area contributed by atoms with Crippen LogP contribution in [0.2, 0.25) is 0 Å². The zero-order valence-corrected chi connectivity index (χ0v) is 12.9. The minimum atomic E-state index is -4.30. The third-order valence-corrected chi connectivity index (χ3v) is 4.05. The van der Waals surface area contributed by atoms with E-state index in [9.17, 15) is 18.0 Å². The van der Waals surface area contributed by atoms with E-state index in [0.717, 1.165) is 18.2 Å². The predicted molar refractivity (Wildman–Crippen MR) is 80.8 cm³/mol. The Hall–Kier alpha value is -1.76. The van der Waals surface area contributed by atoms with E-state index in [1.807, 2.05) is 0 Å². The van der Waals surface area contributed by atoms with Gasteiger partial charge in [-0.05, 0) is 55.9 Å². The Morgan fingerprint density at radius 2 is 2.09 bits per heavy atom. The van der Waals surface area contributed by atoms with Gasteiger partial charge in [0.25, 0.3) is 6.47 Å². The van der Waals surface area contributed by atoms with Gasteiger partial charge in [0.05, 0.1) is 12.2 Å². The molecule has 1 fully saturated rings. The number of alkyl halides is 3. The minimum Gasteiger partial charge on any atom is -0.468 e. The highest BCUT2D eigenvalue weighted by Crippen LogP contribution is 2.43. The van der Waals surface area contributed by atoms with Crippen LogP contribution < -0.4 is 11.1 Å². The largest absolute Gasteiger partial charge is 0.468 e. The van der Waals surface area contributed by atoms with Crippen LogP contribution in [-0.2, 0) is 15.7 Å². The number of nitrogens with two attached hydrogens (primary N) is 1. The molecule has 4 nitrogen and oxygen atoms in total. The molecule has 3 rings (SSSR count). The molecule has 1 saturated carbocycles. The van der Waals surface area contributed by atoms with Crippen LogP contribution in [0.15, 0.2) is 18.2 Å². The SMILES string of the molecule is CCOC=O.NC1CC(C2CC2)Nc2ccc(C(F)(F)F)cc21. The Bertz CT molecular complexity index is 545. The normalized spacial score (nSPS) is 23.0. The molecule has 1 aromatic rings. The molecule has 0 spiro atoms. The summed E-state index contributed by atoms with van der Waals surface area (Å²) in [4.78, 5) is 9.18. The van der Waals surface area contributed by atoms with E-state index in [-0.39, 0.29) is 6.04 Å². The van der Waals surface area contributed by atoms with E-state index in [1.165, 1.54) is 25.0 Å². The molecule has 2 atom stereocenters. The molecule has 2 unspecified atom stereocenters. The molecule has 1 aliphatic carbocycles. The topological polar surface area (TPSA) is 64.3 Å². The van der Waals surface area contributed by atoms with E-state index < -0.39 is 11.7 Å². The van der Waals surface area contributed by atoms with Gasteiger partial charge in [-0.25, -0.2) is 0 Å². The predicted octanol–water partition coefficient (Wildman–Crippen LogP) is 3.48. The molecule has 0 saturated heterocycles. The zero-order valence-electron chi connectivity index (χ0n) is 12.9. The van der Waals surface area contributed by atoms with Crippen molar-refractivity contribution in [1.29, 1.82) is 0 Å². The lowest BCUT2D eigenvalue weighted by atomic mass is 9.90. The lowest BCUT2D eigenvalue weighted by Crippen LogP contribution is -2.33. The van der Waals surface area contributed by atoms with Crippen LogP contribution in [0, 0.1) is 5.92 Å². The van der Waals surface area contributed by atoms with Gasteiger partial charge in [0.1, 0.15) is 0 Å². The standard InChI is InChI=1S/C13H15F3N2.C3H6O2/c14-13(15,16)8-3-4-11-9(5-8)10(17)6-12(18-11)7-1-2-7;1-2-5-3-4/h3-5,7,10,12,18H,1-2,6,17H2;3H,2H2,1H3. The highest BCUT2D eigenvalue weighted by molar-refractivity contribution is 5.57. The van der Waals surface area contributed by atoms with Crippen molar-refractivity contribution >= 4 is 12.2 Å². The highest BCUT2D eigenvalue weighted by atomic mass is 19.4. The number of carbonyl (C=O) groups excluding carboxylic acids is 1. The summed E-state index contributed by atoms with van der Waals surface area (Å²) in [6.45, 7) is 2.66. The fourth-order valence-electron chi connectivity index (χ4n) is 2.71. The number of benzene rings is 1. The fourth-order valence-corrected chi connectivity index (χ4v) is 2.71. The molecule has 0 amide bonds. The number of fused-ring (bicyclic) bond motifs is 1. The molecule has 3 N–H and O–H groups in total. The van der Waals surface area contributed by atoms with Gasteiger partial charge in [0, 0.05) is 17.8 Å². The summed E-state index contributed by atoms with van der Waals surface area (Å²) in [5, 5.41) is 3.32. The van der Waals surface area contributed by atoms with Crippen LogP contribution in [0.25, 0.3) is 0 Å². The van der Waals surface area contributed by atoms with E-state index in [1.54, 1.807) is 6.92 Å². The van der Waals surface area contributed by atoms with Crippen molar-refractivity contribution < 1.29 is 22.7 Å². The molecule has 0 bridgehead atoms. The summed E-state index contributed by atoms with van der Waals surface area (Å²) in [6, 6.07) is 3.83. The third-order valence-electron chi connectivity index (χ3n) is 4.05. The average molecular weight is 330 g/mol. The first-order valence-electron chi connectivity index (χ1n) is 7.65. The smallest absolute Gasteiger partial charge is 0.416 e. The average Bonchev–Trinajstić information content (AvgIpc) is 3.32. The fraction of sp³-hybridized carbons (Fsp3) is 0.562. The summed E-state index contributed by atoms with van der Waals surface area (Å²) in [5.74, 6) is 0.645. The monoisotopic (exact) mass is 330 g/mol. The summed E-state index contributed by atoms with van der Waals surface area (Å²) in [6.07, 6.45) is -1.19. The number of ether oxygens (including phenoxy) is 1. The lowest BCUT2D eigenvalue weighted by molar-refractivity contribution is -0.137. The first kappa shape index (κ1) is 17.6. The summed E-state index contributed by atoms with van der Waals surface area (Å²) >= 11 is 0. The Balaban J connectivity index is 0.000000338. The molecule has 0 aromatic heterocycles. The van der Waals surface area contributed by atoms with Crippen molar-refractivity contribution in [3.63, 3.8) is 0 Å². The van der Waals surface area contributed by atoms with Gasteiger partial charge < -0.3 is 15.8 Å². The molecule has 1 aliphatic heterocycles. The first-order chi connectivity index (χ1) is 10.9. The number of hydrogen-bond donors (Lipinski definition) is 2. The van der Waals surface area contributed by atoms with Gasteiger partial charge in [0.15, 0.2) is 0 Å². The van der Waals surface area contributed by atoms with Crippen LogP contribution in [0.1, 0.15) is 43.4 Å². The van der Waals surface area contributed by atoms with E-state index >= 15 is 0 Å². The number of nitrogens with one attached hydrogen (secondary N) is 1. The summed E-state index contributed by atoms with van der Waals surface area (Å²) in [5.41, 5.74) is 6.73. The molecular formula is C16H21F3N2O2. The number of halogens is 3. The van der Waals surface area contributed by atoms with Crippen LogP contribution in [0.5, 0.6) is 0 Å². The third kappa shape index (κ3) is 4.60. The van der Waals surface area contributed by atoms with Crippen LogP contribution in [-0.4, -0.2) is 19.1 Å². The first-order valence-corrected chi connectivity index (χ1v) is 7.65. The van der Waals surface area contributed by atoms with Crippen molar-refractivity contribution in [2.75, 3.05) is 11.9 Å². The number of rotatable bonds is 3. The molecule has 128 valence electrons. The second kappa shape index (κ2) is 7.21. The molecule has 1 aromatic carbocycles. The van der Waals surface area contributed by atoms with Gasteiger partial charge in [0.2, 0.25) is 0 Å². The van der Waals surface area contributed by atoms with E-state index in [4.69, 9.17) is 5.73 Å². The van der Waals surface area contributed by atoms with E-state index in [2.05, 4.69) is 10.1 Å². The number of carbonyl (C=O) groups is 1.